The summed E-state index contributed by atoms with van der Waals surface area (Å²) in [7, 11) is -2.20. The van der Waals surface area contributed by atoms with Crippen molar-refractivity contribution in [2.75, 3.05) is 7.05 Å². The van der Waals surface area contributed by atoms with Crippen molar-refractivity contribution >= 4 is 43.0 Å². The van der Waals surface area contributed by atoms with E-state index in [9.17, 15) is 13.5 Å². The number of nitrogens with zero attached hydrogens (tertiary/aromatic N) is 1. The summed E-state index contributed by atoms with van der Waals surface area (Å²) in [5.74, 6) is 0.105. The molecule has 0 spiro atoms. The molecule has 0 atom stereocenters. The molecule has 1 N–H and O–H groups in total. The highest BCUT2D eigenvalue weighted by Gasteiger charge is 2.27. The van der Waals surface area contributed by atoms with Gasteiger partial charge in [0.2, 0.25) is 0 Å². The molecule has 0 aliphatic heterocycles. The Hall–Kier alpha value is -1.60. The van der Waals surface area contributed by atoms with Crippen molar-refractivity contribution in [3.8, 4) is 5.75 Å². The molecule has 0 amide bonds. The van der Waals surface area contributed by atoms with Gasteiger partial charge in [0.15, 0.2) is 4.21 Å². The van der Waals surface area contributed by atoms with Crippen molar-refractivity contribution in [1.29, 1.82) is 0 Å². The van der Waals surface area contributed by atoms with Crippen molar-refractivity contribution in [3.05, 3.63) is 59.1 Å². The lowest BCUT2D eigenvalue weighted by atomic mass is 10.2. The van der Waals surface area contributed by atoms with Crippen LogP contribution in [0, 0.1) is 0 Å². The summed E-state index contributed by atoms with van der Waals surface area (Å²) in [6, 6.07) is 13.9. The van der Waals surface area contributed by atoms with E-state index in [0.29, 0.717) is 5.56 Å². The molecule has 0 radical (unpaired) electrons. The number of phenols is 1. The number of hydrogen-bond acceptors (Lipinski definition) is 4. The minimum absolute atomic E-state index is 0.105. The van der Waals surface area contributed by atoms with E-state index in [4.69, 9.17) is 11.6 Å². The van der Waals surface area contributed by atoms with E-state index < -0.39 is 10.0 Å². The lowest BCUT2D eigenvalue weighted by Crippen LogP contribution is -2.26. The second kappa shape index (κ2) is 6.13. The summed E-state index contributed by atoms with van der Waals surface area (Å²) in [6.45, 7) is 0.154. The molecule has 2 aromatic carbocycles. The molecular weight excluding hydrogens is 354 g/mol. The Morgan fingerprint density at radius 2 is 1.91 bits per heavy atom. The van der Waals surface area contributed by atoms with E-state index in [0.717, 1.165) is 21.4 Å². The van der Waals surface area contributed by atoms with Gasteiger partial charge in [-0.15, -0.1) is 11.3 Å². The Morgan fingerprint density at radius 3 is 2.61 bits per heavy atom. The molecule has 4 nitrogen and oxygen atoms in total. The van der Waals surface area contributed by atoms with E-state index in [-0.39, 0.29) is 21.5 Å². The first-order chi connectivity index (χ1) is 10.9. The van der Waals surface area contributed by atoms with E-state index in [1.54, 1.807) is 24.3 Å². The van der Waals surface area contributed by atoms with Crippen LogP contribution in [-0.2, 0) is 16.6 Å². The summed E-state index contributed by atoms with van der Waals surface area (Å²) >= 11 is 7.44. The second-order valence-electron chi connectivity index (χ2n) is 5.13. The van der Waals surface area contributed by atoms with Gasteiger partial charge in [0.05, 0.1) is 5.02 Å². The normalized spacial score (nSPS) is 12.1. The molecule has 0 bridgehead atoms. The minimum Gasteiger partial charge on any atom is -0.508 e. The molecule has 0 aliphatic rings. The van der Waals surface area contributed by atoms with E-state index >= 15 is 0 Å². The molecule has 1 heterocycles. The molecule has 0 aliphatic carbocycles. The summed E-state index contributed by atoms with van der Waals surface area (Å²) in [4.78, 5) is 0. The van der Waals surface area contributed by atoms with Gasteiger partial charge in [0.25, 0.3) is 10.0 Å². The van der Waals surface area contributed by atoms with Gasteiger partial charge in [-0.05, 0) is 23.8 Å². The number of aromatic hydroxyl groups is 1. The third-order valence-corrected chi connectivity index (χ3v) is 7.55. The standard InChI is InChI=1S/C16H14ClNO3S2/c1-18(10-11-5-4-6-12(19)9-11)23(20,21)16-15(17)13-7-2-3-8-14(13)22-16/h2-9,19H,10H2,1H3. The van der Waals surface area contributed by atoms with Gasteiger partial charge in [-0.2, -0.15) is 4.31 Å². The topological polar surface area (TPSA) is 57.6 Å². The first-order valence-electron chi connectivity index (χ1n) is 6.81. The molecule has 0 saturated carbocycles. The number of benzene rings is 2. The first-order valence-corrected chi connectivity index (χ1v) is 9.44. The van der Waals surface area contributed by atoms with Crippen LogP contribution >= 0.6 is 22.9 Å². The fourth-order valence-corrected chi connectivity index (χ4v) is 5.76. The van der Waals surface area contributed by atoms with Crippen molar-refractivity contribution in [2.24, 2.45) is 0 Å². The molecule has 3 rings (SSSR count). The third kappa shape index (κ3) is 3.07. The molecule has 1 aromatic heterocycles. The lowest BCUT2D eigenvalue weighted by Gasteiger charge is -2.16. The number of fused-ring (bicyclic) bond motifs is 1. The van der Waals surface area contributed by atoms with Crippen LogP contribution in [0.4, 0.5) is 0 Å². The third-order valence-electron chi connectivity index (χ3n) is 3.47. The minimum atomic E-state index is -3.70. The summed E-state index contributed by atoms with van der Waals surface area (Å²) in [5.41, 5.74) is 0.702. The maximum atomic E-state index is 12.8. The van der Waals surface area contributed by atoms with Gasteiger partial charge < -0.3 is 5.11 Å². The number of halogens is 1. The summed E-state index contributed by atoms with van der Waals surface area (Å²) < 4.78 is 27.8. The monoisotopic (exact) mass is 367 g/mol. The molecule has 3 aromatic rings. The Labute approximate surface area is 143 Å². The number of rotatable bonds is 4. The van der Waals surface area contributed by atoms with Crippen LogP contribution in [0.25, 0.3) is 10.1 Å². The van der Waals surface area contributed by atoms with E-state index in [1.165, 1.54) is 11.4 Å². The lowest BCUT2D eigenvalue weighted by molar-refractivity contribution is 0.459. The van der Waals surface area contributed by atoms with Gasteiger partial charge in [-0.1, -0.05) is 41.9 Å². The van der Waals surface area contributed by atoms with Crippen molar-refractivity contribution < 1.29 is 13.5 Å². The second-order valence-corrected chi connectivity index (χ2v) is 8.80. The highest BCUT2D eigenvalue weighted by Crippen LogP contribution is 2.39. The Morgan fingerprint density at radius 1 is 1.17 bits per heavy atom. The SMILES string of the molecule is CN(Cc1cccc(O)c1)S(=O)(=O)c1sc2ccccc2c1Cl. The van der Waals surface area contributed by atoms with Crippen LogP contribution in [0.3, 0.4) is 0 Å². The average Bonchev–Trinajstić information content (AvgIpc) is 2.85. The Bertz CT molecular complexity index is 966. The average molecular weight is 368 g/mol. The van der Waals surface area contributed by atoms with Gasteiger partial charge in [0, 0.05) is 23.7 Å². The molecular formula is C16H14ClNO3S2. The zero-order valence-electron chi connectivity index (χ0n) is 12.2. The van der Waals surface area contributed by atoms with Crippen molar-refractivity contribution in [2.45, 2.75) is 10.8 Å². The van der Waals surface area contributed by atoms with E-state index in [2.05, 4.69) is 0 Å². The van der Waals surface area contributed by atoms with Crippen LogP contribution in [-0.4, -0.2) is 24.9 Å². The van der Waals surface area contributed by atoms with Gasteiger partial charge >= 0.3 is 0 Å². The molecule has 7 heteroatoms. The predicted octanol–water partition coefficient (Wildman–Crippen LogP) is 4.08. The number of hydrogen-bond donors (Lipinski definition) is 1. The smallest absolute Gasteiger partial charge is 0.254 e. The van der Waals surface area contributed by atoms with Crippen molar-refractivity contribution in [3.63, 3.8) is 0 Å². The summed E-state index contributed by atoms with van der Waals surface area (Å²) in [6.07, 6.45) is 0. The number of sulfonamides is 1. The molecule has 23 heavy (non-hydrogen) atoms. The van der Waals surface area contributed by atoms with Crippen LogP contribution in [0.1, 0.15) is 5.56 Å². The van der Waals surface area contributed by atoms with Gasteiger partial charge in [0.1, 0.15) is 5.75 Å². The Kier molecular flexibility index (Phi) is 4.33. The van der Waals surface area contributed by atoms with Crippen LogP contribution in [0.2, 0.25) is 5.02 Å². The van der Waals surface area contributed by atoms with Gasteiger partial charge in [-0.25, -0.2) is 8.42 Å². The maximum absolute atomic E-state index is 12.8. The fraction of sp³-hybridized carbons (Fsp3) is 0.125. The van der Waals surface area contributed by atoms with Crippen LogP contribution < -0.4 is 0 Å². The highest BCUT2D eigenvalue weighted by molar-refractivity contribution is 7.91. The molecule has 0 saturated heterocycles. The predicted molar refractivity (Wildman–Crippen MR) is 93.6 cm³/mol. The maximum Gasteiger partial charge on any atom is 0.254 e. The zero-order chi connectivity index (χ0) is 16.6. The summed E-state index contributed by atoms with van der Waals surface area (Å²) in [5, 5.41) is 10.5. The fourth-order valence-electron chi connectivity index (χ4n) is 2.30. The first kappa shape index (κ1) is 16.3. The highest BCUT2D eigenvalue weighted by atomic mass is 35.5. The molecule has 0 fully saturated rings. The van der Waals surface area contributed by atoms with Crippen molar-refractivity contribution in [1.82, 2.24) is 4.31 Å². The van der Waals surface area contributed by atoms with E-state index in [1.807, 2.05) is 24.3 Å². The molecule has 120 valence electrons. The van der Waals surface area contributed by atoms with Crippen LogP contribution in [0.5, 0.6) is 5.75 Å². The Balaban J connectivity index is 1.98. The van der Waals surface area contributed by atoms with Crippen LogP contribution in [0.15, 0.2) is 52.7 Å². The molecule has 0 unspecified atom stereocenters. The quantitative estimate of drug-likeness (QED) is 0.755. The van der Waals surface area contributed by atoms with Gasteiger partial charge in [-0.3, -0.25) is 0 Å². The number of phenolic OH excluding ortho intramolecular Hbond substituents is 1. The largest absolute Gasteiger partial charge is 0.508 e. The zero-order valence-corrected chi connectivity index (χ0v) is 14.6. The number of thiophene rings is 1.